The summed E-state index contributed by atoms with van der Waals surface area (Å²) < 4.78 is 65.2. The highest BCUT2D eigenvalue weighted by Crippen LogP contribution is 2.32. The van der Waals surface area contributed by atoms with Crippen LogP contribution in [0.1, 0.15) is 29.5 Å². The average Bonchev–Trinajstić information content (AvgIpc) is 3.48. The number of hydrogen-bond acceptors (Lipinski definition) is 3. The lowest BCUT2D eigenvalue weighted by atomic mass is 10.1. The molecule has 0 atom stereocenters. The molecule has 160 valence electrons. The summed E-state index contributed by atoms with van der Waals surface area (Å²) in [7, 11) is -3.54. The van der Waals surface area contributed by atoms with Crippen LogP contribution in [0.25, 0.3) is 6.08 Å². The maximum atomic E-state index is 12.8. The summed E-state index contributed by atoms with van der Waals surface area (Å²) >= 11 is 5.89. The molecule has 10 heteroatoms. The van der Waals surface area contributed by atoms with Gasteiger partial charge in [0.15, 0.2) is 0 Å². The SMILES string of the molecule is O=C(/C=C/c1cc(C(F)(F)F)ccc1Cl)NCc1ccc(S(=O)(=O)NC2CC2)cc1. The second-order valence-electron chi connectivity index (χ2n) is 6.82. The van der Waals surface area contributed by atoms with Gasteiger partial charge in [-0.25, -0.2) is 13.1 Å². The van der Waals surface area contributed by atoms with Crippen molar-refractivity contribution in [3.8, 4) is 0 Å². The summed E-state index contributed by atoms with van der Waals surface area (Å²) in [6, 6.07) is 8.91. The molecular weight excluding hydrogens is 441 g/mol. The standard InChI is InChI=1S/C20H18ClF3N2O3S/c21-18-9-4-15(20(22,23)24)11-14(18)3-10-19(27)25-12-13-1-7-17(8-2-13)30(28,29)26-16-5-6-16/h1-4,7-11,16,26H,5-6,12H2,(H,25,27)/b10-3+. The quantitative estimate of drug-likeness (QED) is 0.613. The predicted molar refractivity (Wildman–Crippen MR) is 107 cm³/mol. The number of sulfonamides is 1. The minimum absolute atomic E-state index is 0.00563. The van der Waals surface area contributed by atoms with E-state index < -0.39 is 27.7 Å². The Bertz CT molecular complexity index is 1060. The van der Waals surface area contributed by atoms with Crippen LogP contribution in [0.5, 0.6) is 0 Å². The Morgan fingerprint density at radius 2 is 1.80 bits per heavy atom. The van der Waals surface area contributed by atoms with Crippen molar-refractivity contribution in [1.82, 2.24) is 10.0 Å². The molecule has 5 nitrogen and oxygen atoms in total. The van der Waals surface area contributed by atoms with Crippen LogP contribution in [-0.4, -0.2) is 20.4 Å². The zero-order valence-corrected chi connectivity index (χ0v) is 17.1. The lowest BCUT2D eigenvalue weighted by molar-refractivity contribution is -0.137. The minimum atomic E-state index is -4.51. The molecule has 1 aliphatic rings. The van der Waals surface area contributed by atoms with Gasteiger partial charge in [-0.1, -0.05) is 23.7 Å². The van der Waals surface area contributed by atoms with Crippen molar-refractivity contribution in [1.29, 1.82) is 0 Å². The molecule has 30 heavy (non-hydrogen) atoms. The third kappa shape index (κ3) is 6.07. The molecule has 0 saturated heterocycles. The maximum absolute atomic E-state index is 12.8. The van der Waals surface area contributed by atoms with Crippen LogP contribution in [-0.2, 0) is 27.5 Å². The Kier molecular flexibility index (Phi) is 6.54. The fourth-order valence-corrected chi connectivity index (χ4v) is 4.02. The molecule has 0 aliphatic heterocycles. The lowest BCUT2D eigenvalue weighted by Gasteiger charge is -2.08. The van der Waals surface area contributed by atoms with E-state index in [0.717, 1.165) is 37.1 Å². The maximum Gasteiger partial charge on any atom is 0.416 e. The molecule has 1 amide bonds. The van der Waals surface area contributed by atoms with E-state index >= 15 is 0 Å². The van der Waals surface area contributed by atoms with Gasteiger partial charge in [-0.05, 0) is 60.4 Å². The molecule has 1 saturated carbocycles. The van der Waals surface area contributed by atoms with E-state index in [4.69, 9.17) is 11.6 Å². The third-order valence-corrected chi connectivity index (χ3v) is 6.22. The number of benzene rings is 2. The molecular formula is C20H18ClF3N2O3S. The van der Waals surface area contributed by atoms with Crippen LogP contribution in [0.2, 0.25) is 5.02 Å². The molecule has 2 aromatic carbocycles. The van der Waals surface area contributed by atoms with E-state index in [1.165, 1.54) is 18.2 Å². The molecule has 1 aliphatic carbocycles. The van der Waals surface area contributed by atoms with Gasteiger partial charge >= 0.3 is 6.18 Å². The van der Waals surface area contributed by atoms with Crippen LogP contribution in [0, 0.1) is 0 Å². The van der Waals surface area contributed by atoms with Gasteiger partial charge < -0.3 is 5.32 Å². The highest BCUT2D eigenvalue weighted by atomic mass is 35.5. The summed E-state index contributed by atoms with van der Waals surface area (Å²) in [5.41, 5.74) is -0.128. The van der Waals surface area contributed by atoms with Gasteiger partial charge in [0.1, 0.15) is 0 Å². The molecule has 2 N–H and O–H groups in total. The molecule has 0 spiro atoms. The zero-order chi connectivity index (χ0) is 21.9. The van der Waals surface area contributed by atoms with Gasteiger partial charge in [-0.2, -0.15) is 13.2 Å². The van der Waals surface area contributed by atoms with Crippen LogP contribution in [0.4, 0.5) is 13.2 Å². The van der Waals surface area contributed by atoms with E-state index in [2.05, 4.69) is 10.0 Å². The van der Waals surface area contributed by atoms with Crippen LogP contribution >= 0.6 is 11.6 Å². The number of carbonyl (C=O) groups excluding carboxylic acids is 1. The summed E-state index contributed by atoms with van der Waals surface area (Å²) in [4.78, 5) is 12.1. The van der Waals surface area contributed by atoms with E-state index in [-0.39, 0.29) is 28.1 Å². The van der Waals surface area contributed by atoms with Crippen molar-refractivity contribution >= 4 is 33.6 Å². The number of carbonyl (C=O) groups is 1. The fourth-order valence-electron chi connectivity index (χ4n) is 2.54. The molecule has 3 rings (SSSR count). The molecule has 0 radical (unpaired) electrons. The summed E-state index contributed by atoms with van der Waals surface area (Å²) in [6.45, 7) is 0.121. The van der Waals surface area contributed by atoms with Crippen molar-refractivity contribution in [3.05, 3.63) is 70.3 Å². The average molecular weight is 459 g/mol. The number of amides is 1. The van der Waals surface area contributed by atoms with E-state index in [9.17, 15) is 26.4 Å². The topological polar surface area (TPSA) is 75.3 Å². The third-order valence-electron chi connectivity index (χ3n) is 4.34. The first-order chi connectivity index (χ1) is 14.0. The van der Waals surface area contributed by atoms with Crippen LogP contribution in [0.3, 0.4) is 0 Å². The predicted octanol–water partition coefficient (Wildman–Crippen LogP) is 4.13. The summed E-state index contributed by atoms with van der Waals surface area (Å²) in [5.74, 6) is -0.532. The second kappa shape index (κ2) is 8.79. The molecule has 0 aromatic heterocycles. The number of nitrogens with one attached hydrogen (secondary N) is 2. The van der Waals surface area contributed by atoms with E-state index in [1.807, 2.05) is 0 Å². The largest absolute Gasteiger partial charge is 0.416 e. The van der Waals surface area contributed by atoms with Gasteiger partial charge in [-0.15, -0.1) is 0 Å². The second-order valence-corrected chi connectivity index (χ2v) is 8.95. The highest BCUT2D eigenvalue weighted by molar-refractivity contribution is 7.89. The van der Waals surface area contributed by atoms with Gasteiger partial charge in [-0.3, -0.25) is 4.79 Å². The van der Waals surface area contributed by atoms with Crippen molar-refractivity contribution in [3.63, 3.8) is 0 Å². The first-order valence-corrected chi connectivity index (χ1v) is 10.8. The number of hydrogen-bond donors (Lipinski definition) is 2. The molecule has 2 aromatic rings. The Morgan fingerprint density at radius 3 is 2.40 bits per heavy atom. The lowest BCUT2D eigenvalue weighted by Crippen LogP contribution is -2.25. The zero-order valence-electron chi connectivity index (χ0n) is 15.5. The van der Waals surface area contributed by atoms with E-state index in [1.54, 1.807) is 12.1 Å². The van der Waals surface area contributed by atoms with Crippen molar-refractivity contribution in [2.24, 2.45) is 0 Å². The summed E-state index contributed by atoms with van der Waals surface area (Å²) in [6.07, 6.45) is -0.555. The van der Waals surface area contributed by atoms with E-state index in [0.29, 0.717) is 5.56 Å². The smallest absolute Gasteiger partial charge is 0.348 e. The van der Waals surface area contributed by atoms with Crippen molar-refractivity contribution in [2.75, 3.05) is 0 Å². The Morgan fingerprint density at radius 1 is 1.13 bits per heavy atom. The molecule has 0 unspecified atom stereocenters. The number of rotatable bonds is 7. The molecule has 1 fully saturated rings. The van der Waals surface area contributed by atoms with Gasteiger partial charge in [0.05, 0.1) is 10.5 Å². The van der Waals surface area contributed by atoms with Gasteiger partial charge in [0, 0.05) is 23.7 Å². The minimum Gasteiger partial charge on any atom is -0.348 e. The Hall–Kier alpha value is -2.36. The fraction of sp³-hybridized carbons (Fsp3) is 0.250. The van der Waals surface area contributed by atoms with Crippen molar-refractivity contribution in [2.45, 2.75) is 36.5 Å². The highest BCUT2D eigenvalue weighted by Gasteiger charge is 2.30. The summed E-state index contributed by atoms with van der Waals surface area (Å²) in [5, 5.41) is 2.66. The van der Waals surface area contributed by atoms with Crippen LogP contribution < -0.4 is 10.0 Å². The normalized spacial score (nSPS) is 14.8. The van der Waals surface area contributed by atoms with Gasteiger partial charge in [0.25, 0.3) is 0 Å². The van der Waals surface area contributed by atoms with Crippen molar-refractivity contribution < 1.29 is 26.4 Å². The Balaban J connectivity index is 1.58. The first-order valence-electron chi connectivity index (χ1n) is 8.98. The van der Waals surface area contributed by atoms with Crippen LogP contribution in [0.15, 0.2) is 53.4 Å². The molecule has 0 bridgehead atoms. The van der Waals surface area contributed by atoms with Gasteiger partial charge in [0.2, 0.25) is 15.9 Å². The first kappa shape index (κ1) is 22.3. The number of halogens is 4. The number of alkyl halides is 3. The Labute approximate surface area is 177 Å². The molecule has 0 heterocycles. The monoisotopic (exact) mass is 458 g/mol.